The Bertz CT molecular complexity index is 648. The second kappa shape index (κ2) is 7.21. The maximum atomic E-state index is 8.64. The van der Waals surface area contributed by atoms with Gasteiger partial charge in [-0.1, -0.05) is 46.6 Å². The molecular formula is C14H9Cl3O2S. The van der Waals surface area contributed by atoms with Crippen LogP contribution < -0.4 is 4.74 Å². The summed E-state index contributed by atoms with van der Waals surface area (Å²) in [6.45, 7) is 0.187. The lowest BCUT2D eigenvalue weighted by Gasteiger charge is -2.09. The maximum Gasteiger partial charge on any atom is 0.157 e. The highest BCUT2D eigenvalue weighted by molar-refractivity contribution is 7.12. The van der Waals surface area contributed by atoms with Crippen LogP contribution >= 0.6 is 46.1 Å². The molecule has 0 bridgehead atoms. The van der Waals surface area contributed by atoms with Crippen LogP contribution in [0.1, 0.15) is 9.75 Å². The smallest absolute Gasteiger partial charge is 0.157 e. The molecule has 2 aromatic rings. The summed E-state index contributed by atoms with van der Waals surface area (Å²) in [6, 6.07) is 6.94. The lowest BCUT2D eigenvalue weighted by Crippen LogP contribution is -1.94. The van der Waals surface area contributed by atoms with Crippen molar-refractivity contribution in [1.82, 2.24) is 0 Å². The van der Waals surface area contributed by atoms with Gasteiger partial charge in [-0.2, -0.15) is 0 Å². The average molecular weight is 348 g/mol. The standard InChI is InChI=1S/C14H9Cl3O2S/c15-9-6-12(16)14(13(17)7-9)19-8-11-4-3-10(20-11)2-1-5-18/h3-4,6-7,18H,5,8H2. The van der Waals surface area contributed by atoms with Crippen LogP contribution in [0.15, 0.2) is 24.3 Å². The fourth-order valence-electron chi connectivity index (χ4n) is 1.46. The highest BCUT2D eigenvalue weighted by Gasteiger charge is 2.10. The number of ether oxygens (including phenoxy) is 1. The topological polar surface area (TPSA) is 29.5 Å². The van der Waals surface area contributed by atoms with Gasteiger partial charge in [-0.25, -0.2) is 0 Å². The summed E-state index contributed by atoms with van der Waals surface area (Å²) >= 11 is 19.4. The van der Waals surface area contributed by atoms with Gasteiger partial charge in [0.25, 0.3) is 0 Å². The van der Waals surface area contributed by atoms with Crippen molar-refractivity contribution in [3.05, 3.63) is 49.1 Å². The fraction of sp³-hybridized carbons (Fsp3) is 0.143. The van der Waals surface area contributed by atoms with Crippen molar-refractivity contribution >= 4 is 46.1 Å². The Kier molecular flexibility index (Phi) is 5.59. The Morgan fingerprint density at radius 2 is 1.85 bits per heavy atom. The summed E-state index contributed by atoms with van der Waals surface area (Å²) < 4.78 is 5.62. The molecular weight excluding hydrogens is 339 g/mol. The molecule has 0 atom stereocenters. The predicted octanol–water partition coefficient (Wildman–Crippen LogP) is 4.63. The first kappa shape index (κ1) is 15.5. The van der Waals surface area contributed by atoms with E-state index in [9.17, 15) is 0 Å². The largest absolute Gasteiger partial charge is 0.485 e. The number of aliphatic hydroxyl groups is 1. The molecule has 1 N–H and O–H groups in total. The van der Waals surface area contributed by atoms with Crippen molar-refractivity contribution in [3.8, 4) is 17.6 Å². The van der Waals surface area contributed by atoms with E-state index in [1.165, 1.54) is 11.3 Å². The van der Waals surface area contributed by atoms with Gasteiger partial charge in [0.1, 0.15) is 13.2 Å². The molecule has 2 nitrogen and oxygen atoms in total. The van der Waals surface area contributed by atoms with E-state index in [2.05, 4.69) is 11.8 Å². The van der Waals surface area contributed by atoms with Crippen LogP contribution in [0.5, 0.6) is 5.75 Å². The van der Waals surface area contributed by atoms with Crippen LogP contribution in [0.2, 0.25) is 15.1 Å². The first-order chi connectivity index (χ1) is 9.60. The van der Waals surface area contributed by atoms with E-state index in [4.69, 9.17) is 44.6 Å². The van der Waals surface area contributed by atoms with Gasteiger partial charge < -0.3 is 9.84 Å². The minimum atomic E-state index is -0.153. The zero-order valence-electron chi connectivity index (χ0n) is 10.1. The van der Waals surface area contributed by atoms with Crippen LogP contribution in [0, 0.1) is 11.8 Å². The van der Waals surface area contributed by atoms with Crippen LogP contribution in [-0.2, 0) is 6.61 Å². The Balaban J connectivity index is 2.07. The van der Waals surface area contributed by atoms with E-state index in [0.717, 1.165) is 9.75 Å². The van der Waals surface area contributed by atoms with Gasteiger partial charge in [-0.05, 0) is 24.3 Å². The molecule has 0 aliphatic heterocycles. The molecule has 0 aliphatic carbocycles. The Morgan fingerprint density at radius 3 is 2.50 bits per heavy atom. The van der Waals surface area contributed by atoms with E-state index in [-0.39, 0.29) is 6.61 Å². The van der Waals surface area contributed by atoms with Crippen LogP contribution in [0.25, 0.3) is 0 Å². The summed E-state index contributed by atoms with van der Waals surface area (Å²) in [5.74, 6) is 5.84. The Labute approximate surface area is 135 Å². The molecule has 0 unspecified atom stereocenters. The van der Waals surface area contributed by atoms with Crippen molar-refractivity contribution in [3.63, 3.8) is 0 Å². The Morgan fingerprint density at radius 1 is 1.15 bits per heavy atom. The SMILES string of the molecule is OCC#Cc1ccc(COc2c(Cl)cc(Cl)cc2Cl)s1. The number of thiophene rings is 1. The summed E-state index contributed by atoms with van der Waals surface area (Å²) in [5.41, 5.74) is 0. The van der Waals surface area contributed by atoms with Gasteiger partial charge in [0.05, 0.1) is 14.9 Å². The highest BCUT2D eigenvalue weighted by Crippen LogP contribution is 2.36. The highest BCUT2D eigenvalue weighted by atomic mass is 35.5. The minimum Gasteiger partial charge on any atom is -0.485 e. The number of halogens is 3. The molecule has 1 aromatic carbocycles. The number of benzene rings is 1. The maximum absolute atomic E-state index is 8.64. The number of rotatable bonds is 3. The molecule has 1 aromatic heterocycles. The van der Waals surface area contributed by atoms with Crippen molar-refractivity contribution < 1.29 is 9.84 Å². The third-order valence-corrected chi connectivity index (χ3v) is 4.03. The van der Waals surface area contributed by atoms with Crippen molar-refractivity contribution in [1.29, 1.82) is 0 Å². The lowest BCUT2D eigenvalue weighted by atomic mass is 10.3. The van der Waals surface area contributed by atoms with Gasteiger partial charge >= 0.3 is 0 Å². The molecule has 6 heteroatoms. The lowest BCUT2D eigenvalue weighted by molar-refractivity contribution is 0.310. The normalized spacial score (nSPS) is 10.0. The van der Waals surface area contributed by atoms with Gasteiger partial charge in [0.2, 0.25) is 0 Å². The zero-order chi connectivity index (χ0) is 14.5. The molecule has 0 saturated carbocycles. The van der Waals surface area contributed by atoms with Gasteiger partial charge in [0, 0.05) is 9.90 Å². The van der Waals surface area contributed by atoms with E-state index in [1.54, 1.807) is 12.1 Å². The van der Waals surface area contributed by atoms with E-state index in [1.807, 2.05) is 12.1 Å². The number of hydrogen-bond donors (Lipinski definition) is 1. The predicted molar refractivity (Wildman–Crippen MR) is 84.1 cm³/mol. The fourth-order valence-corrected chi connectivity index (χ4v) is 3.18. The molecule has 0 saturated heterocycles. The van der Waals surface area contributed by atoms with Crippen LogP contribution in [0.3, 0.4) is 0 Å². The number of aliphatic hydroxyl groups excluding tert-OH is 1. The molecule has 0 amide bonds. The van der Waals surface area contributed by atoms with Crippen molar-refractivity contribution in [2.75, 3.05) is 6.61 Å². The monoisotopic (exact) mass is 346 g/mol. The van der Waals surface area contributed by atoms with Crippen LogP contribution in [0.4, 0.5) is 0 Å². The van der Waals surface area contributed by atoms with Crippen molar-refractivity contribution in [2.45, 2.75) is 6.61 Å². The third-order valence-electron chi connectivity index (χ3n) is 2.27. The number of hydrogen-bond acceptors (Lipinski definition) is 3. The third kappa shape index (κ3) is 4.05. The van der Waals surface area contributed by atoms with Gasteiger partial charge in [-0.15, -0.1) is 11.3 Å². The summed E-state index contributed by atoms with van der Waals surface area (Å²) in [7, 11) is 0. The quantitative estimate of drug-likeness (QED) is 0.820. The summed E-state index contributed by atoms with van der Waals surface area (Å²) in [4.78, 5) is 1.85. The first-order valence-corrected chi connectivity index (χ1v) is 7.51. The summed E-state index contributed by atoms with van der Waals surface area (Å²) in [6.07, 6.45) is 0. The molecule has 20 heavy (non-hydrogen) atoms. The van der Waals surface area contributed by atoms with E-state index >= 15 is 0 Å². The molecule has 0 spiro atoms. The Hall–Kier alpha value is -0.890. The first-order valence-electron chi connectivity index (χ1n) is 5.56. The van der Waals surface area contributed by atoms with Gasteiger partial charge in [-0.3, -0.25) is 0 Å². The molecule has 0 radical (unpaired) electrons. The summed E-state index contributed by atoms with van der Waals surface area (Å²) in [5, 5.41) is 9.85. The van der Waals surface area contributed by atoms with E-state index < -0.39 is 0 Å². The molecule has 0 fully saturated rings. The minimum absolute atomic E-state index is 0.153. The molecule has 1 heterocycles. The van der Waals surface area contributed by atoms with Crippen molar-refractivity contribution in [2.24, 2.45) is 0 Å². The van der Waals surface area contributed by atoms with E-state index in [0.29, 0.717) is 27.4 Å². The zero-order valence-corrected chi connectivity index (χ0v) is 13.2. The molecule has 104 valence electrons. The molecule has 0 aliphatic rings. The second-order valence-corrected chi connectivity index (χ2v) is 6.13. The average Bonchev–Trinajstić information content (AvgIpc) is 2.83. The molecule has 2 rings (SSSR count). The second-order valence-electron chi connectivity index (χ2n) is 3.71. The van der Waals surface area contributed by atoms with Gasteiger partial charge in [0.15, 0.2) is 5.75 Å². The van der Waals surface area contributed by atoms with Crippen LogP contribution in [-0.4, -0.2) is 11.7 Å².